The van der Waals surface area contributed by atoms with Gasteiger partial charge < -0.3 is 9.64 Å². The van der Waals surface area contributed by atoms with Crippen molar-refractivity contribution in [2.75, 3.05) is 44.7 Å². The van der Waals surface area contributed by atoms with Crippen molar-refractivity contribution in [3.63, 3.8) is 0 Å². The molecule has 124 valence electrons. The SMILES string of the molecule is CO[C@@H](C)c1ncc(N2CCN(CC(F)(F)F)CC2)cc1Br. The van der Waals surface area contributed by atoms with Crippen LogP contribution in [0.4, 0.5) is 18.9 Å². The summed E-state index contributed by atoms with van der Waals surface area (Å²) in [4.78, 5) is 7.87. The van der Waals surface area contributed by atoms with Crippen molar-refractivity contribution in [1.29, 1.82) is 0 Å². The fourth-order valence-corrected chi connectivity index (χ4v) is 3.10. The standard InChI is InChI=1S/C14H19BrF3N3O/c1-10(22-2)13-12(15)7-11(8-19-13)21-5-3-20(4-6-21)9-14(16,17)18/h7-8,10H,3-6,9H2,1-2H3/t10-/m0/s1. The van der Waals surface area contributed by atoms with E-state index in [1.807, 2.05) is 17.9 Å². The lowest BCUT2D eigenvalue weighted by molar-refractivity contribution is -0.146. The number of hydrogen-bond donors (Lipinski definition) is 0. The van der Waals surface area contributed by atoms with Crippen molar-refractivity contribution >= 4 is 21.6 Å². The Morgan fingerprint density at radius 3 is 2.45 bits per heavy atom. The molecule has 0 N–H and O–H groups in total. The van der Waals surface area contributed by atoms with Crippen molar-refractivity contribution in [3.8, 4) is 0 Å². The van der Waals surface area contributed by atoms with Gasteiger partial charge in [0.25, 0.3) is 0 Å². The number of aromatic nitrogens is 1. The number of alkyl halides is 3. The summed E-state index contributed by atoms with van der Waals surface area (Å²) in [5.41, 5.74) is 1.72. The lowest BCUT2D eigenvalue weighted by atomic mass is 10.2. The Bertz CT molecular complexity index is 505. The molecule has 0 radical (unpaired) electrons. The highest BCUT2D eigenvalue weighted by Crippen LogP contribution is 2.28. The number of anilines is 1. The van der Waals surface area contributed by atoms with Gasteiger partial charge in [-0.3, -0.25) is 9.88 Å². The highest BCUT2D eigenvalue weighted by atomic mass is 79.9. The number of hydrogen-bond acceptors (Lipinski definition) is 4. The first-order chi connectivity index (χ1) is 10.3. The summed E-state index contributed by atoms with van der Waals surface area (Å²) < 4.78 is 43.2. The predicted octanol–water partition coefficient (Wildman–Crippen LogP) is 3.24. The Hall–Kier alpha value is -0.860. The van der Waals surface area contributed by atoms with E-state index in [1.54, 1.807) is 13.3 Å². The van der Waals surface area contributed by atoms with Gasteiger partial charge in [0.1, 0.15) is 0 Å². The van der Waals surface area contributed by atoms with E-state index in [4.69, 9.17) is 4.74 Å². The Balaban J connectivity index is 1.98. The van der Waals surface area contributed by atoms with Crippen molar-refractivity contribution in [3.05, 3.63) is 22.4 Å². The second kappa shape index (κ2) is 7.14. The second-order valence-electron chi connectivity index (χ2n) is 5.32. The van der Waals surface area contributed by atoms with E-state index in [2.05, 4.69) is 20.9 Å². The fourth-order valence-electron chi connectivity index (χ4n) is 2.44. The maximum absolute atomic E-state index is 12.4. The zero-order valence-electron chi connectivity index (χ0n) is 12.5. The van der Waals surface area contributed by atoms with Gasteiger partial charge >= 0.3 is 6.18 Å². The average molecular weight is 382 g/mol. The van der Waals surface area contributed by atoms with E-state index in [-0.39, 0.29) is 6.10 Å². The number of nitrogens with zero attached hydrogens (tertiary/aromatic N) is 3. The largest absolute Gasteiger partial charge is 0.401 e. The number of pyridine rings is 1. The monoisotopic (exact) mass is 381 g/mol. The first kappa shape index (κ1) is 17.5. The van der Waals surface area contributed by atoms with Crippen LogP contribution in [0.5, 0.6) is 0 Å². The van der Waals surface area contributed by atoms with Crippen molar-refractivity contribution in [2.24, 2.45) is 0 Å². The van der Waals surface area contributed by atoms with E-state index in [0.29, 0.717) is 26.2 Å². The Labute approximate surface area is 136 Å². The molecule has 1 aromatic heterocycles. The normalized spacial score (nSPS) is 18.5. The number of halogens is 4. The van der Waals surface area contributed by atoms with Crippen molar-refractivity contribution in [2.45, 2.75) is 19.2 Å². The minimum absolute atomic E-state index is 0.118. The number of piperazine rings is 1. The van der Waals surface area contributed by atoms with Crippen molar-refractivity contribution in [1.82, 2.24) is 9.88 Å². The van der Waals surface area contributed by atoms with E-state index in [9.17, 15) is 13.2 Å². The van der Waals surface area contributed by atoms with Gasteiger partial charge in [0.15, 0.2) is 0 Å². The molecule has 8 heteroatoms. The molecule has 0 aromatic carbocycles. The summed E-state index contributed by atoms with van der Waals surface area (Å²) in [7, 11) is 1.62. The van der Waals surface area contributed by atoms with Gasteiger partial charge in [-0.15, -0.1) is 0 Å². The van der Waals surface area contributed by atoms with E-state index < -0.39 is 12.7 Å². The molecule has 0 spiro atoms. The molecule has 1 fully saturated rings. The van der Waals surface area contributed by atoms with Crippen LogP contribution in [0.25, 0.3) is 0 Å². The van der Waals surface area contributed by atoms with Crippen LogP contribution in [0.2, 0.25) is 0 Å². The molecule has 2 rings (SSSR count). The van der Waals surface area contributed by atoms with Crippen LogP contribution in [0.3, 0.4) is 0 Å². The average Bonchev–Trinajstić information content (AvgIpc) is 2.45. The Morgan fingerprint density at radius 2 is 1.95 bits per heavy atom. The first-order valence-electron chi connectivity index (χ1n) is 7.02. The fraction of sp³-hybridized carbons (Fsp3) is 0.643. The van der Waals surface area contributed by atoms with Gasteiger partial charge in [-0.25, -0.2) is 0 Å². The number of ether oxygens (including phenoxy) is 1. The van der Waals surface area contributed by atoms with Gasteiger partial charge in [-0.2, -0.15) is 13.2 Å². The molecule has 1 aromatic rings. The molecular weight excluding hydrogens is 363 g/mol. The summed E-state index contributed by atoms with van der Waals surface area (Å²) in [5.74, 6) is 0. The van der Waals surface area contributed by atoms with Crippen LogP contribution in [-0.4, -0.2) is 55.9 Å². The highest BCUT2D eigenvalue weighted by Gasteiger charge is 2.32. The lowest BCUT2D eigenvalue weighted by Gasteiger charge is -2.36. The lowest BCUT2D eigenvalue weighted by Crippen LogP contribution is -2.49. The van der Waals surface area contributed by atoms with Gasteiger partial charge in [0, 0.05) is 37.8 Å². The predicted molar refractivity (Wildman–Crippen MR) is 82.1 cm³/mol. The molecule has 0 saturated carbocycles. The minimum Gasteiger partial charge on any atom is -0.375 e. The zero-order valence-corrected chi connectivity index (χ0v) is 14.1. The van der Waals surface area contributed by atoms with Crippen LogP contribution >= 0.6 is 15.9 Å². The van der Waals surface area contributed by atoms with E-state index in [1.165, 1.54) is 4.90 Å². The molecule has 0 unspecified atom stereocenters. The Morgan fingerprint density at radius 1 is 1.32 bits per heavy atom. The van der Waals surface area contributed by atoms with Crippen LogP contribution in [0.1, 0.15) is 18.7 Å². The maximum atomic E-state index is 12.4. The molecular formula is C14H19BrF3N3O. The molecule has 22 heavy (non-hydrogen) atoms. The van der Waals surface area contributed by atoms with Crippen LogP contribution in [0.15, 0.2) is 16.7 Å². The third-order valence-corrected chi connectivity index (χ3v) is 4.37. The second-order valence-corrected chi connectivity index (χ2v) is 6.17. The topological polar surface area (TPSA) is 28.6 Å². The summed E-state index contributed by atoms with van der Waals surface area (Å²) in [6.07, 6.45) is -2.51. The zero-order chi connectivity index (χ0) is 16.3. The van der Waals surface area contributed by atoms with Gasteiger partial charge in [-0.1, -0.05) is 0 Å². The molecule has 2 heterocycles. The summed E-state index contributed by atoms with van der Waals surface area (Å²) in [6.45, 7) is 2.98. The van der Waals surface area contributed by atoms with Gasteiger partial charge in [0.05, 0.1) is 30.2 Å². The van der Waals surface area contributed by atoms with E-state index >= 15 is 0 Å². The van der Waals surface area contributed by atoms with Crippen molar-refractivity contribution < 1.29 is 17.9 Å². The third kappa shape index (κ3) is 4.57. The van der Waals surface area contributed by atoms with Crippen LogP contribution in [0, 0.1) is 0 Å². The highest BCUT2D eigenvalue weighted by molar-refractivity contribution is 9.10. The van der Waals surface area contributed by atoms with Gasteiger partial charge in [-0.05, 0) is 28.9 Å². The minimum atomic E-state index is -4.13. The quantitative estimate of drug-likeness (QED) is 0.800. The summed E-state index contributed by atoms with van der Waals surface area (Å²) in [5, 5.41) is 0. The summed E-state index contributed by atoms with van der Waals surface area (Å²) >= 11 is 3.48. The molecule has 1 atom stereocenters. The van der Waals surface area contributed by atoms with E-state index in [0.717, 1.165) is 15.9 Å². The number of methoxy groups -OCH3 is 1. The van der Waals surface area contributed by atoms with Crippen LogP contribution in [-0.2, 0) is 4.74 Å². The molecule has 0 aliphatic carbocycles. The number of rotatable bonds is 4. The molecule has 1 saturated heterocycles. The van der Waals surface area contributed by atoms with Crippen LogP contribution < -0.4 is 4.90 Å². The summed E-state index contributed by atoms with van der Waals surface area (Å²) in [6, 6.07) is 1.94. The molecule has 1 aliphatic rings. The molecule has 4 nitrogen and oxygen atoms in total. The smallest absolute Gasteiger partial charge is 0.375 e. The molecule has 0 amide bonds. The maximum Gasteiger partial charge on any atom is 0.401 e. The molecule has 1 aliphatic heterocycles. The first-order valence-corrected chi connectivity index (χ1v) is 7.82. The Kier molecular flexibility index (Phi) is 5.68. The molecule has 0 bridgehead atoms. The van der Waals surface area contributed by atoms with Gasteiger partial charge in [0.2, 0.25) is 0 Å². The third-order valence-electron chi connectivity index (χ3n) is 3.73.